The van der Waals surface area contributed by atoms with Gasteiger partial charge in [-0.2, -0.15) is 5.10 Å². The van der Waals surface area contributed by atoms with E-state index in [4.69, 9.17) is 33.7 Å². The number of aryl methyl sites for hydroxylation is 1. The highest BCUT2D eigenvalue weighted by Crippen LogP contribution is 2.46. The molecule has 4 rings (SSSR count). The third kappa shape index (κ3) is 3.82. The Labute approximate surface area is 190 Å². The summed E-state index contributed by atoms with van der Waals surface area (Å²) in [6.45, 7) is 7.86. The number of likely N-dealkylation sites (tertiary alicyclic amines) is 1. The molecule has 0 bridgehead atoms. The highest BCUT2D eigenvalue weighted by molar-refractivity contribution is 6.42. The summed E-state index contributed by atoms with van der Waals surface area (Å²) in [6, 6.07) is 1.60. The quantitative estimate of drug-likeness (QED) is 0.575. The van der Waals surface area contributed by atoms with Gasteiger partial charge in [-0.3, -0.25) is 4.90 Å². The van der Waals surface area contributed by atoms with Gasteiger partial charge in [0.25, 0.3) is 0 Å². The largest absolute Gasteiger partial charge is 0.496 e. The zero-order valence-electron chi connectivity index (χ0n) is 17.9. The summed E-state index contributed by atoms with van der Waals surface area (Å²) in [5.41, 5.74) is 9.22. The molecule has 166 valence electrons. The lowest BCUT2D eigenvalue weighted by atomic mass is 9.88. The molecule has 2 atom stereocenters. The van der Waals surface area contributed by atoms with Crippen molar-refractivity contribution >= 4 is 40.1 Å². The number of halogens is 2. The van der Waals surface area contributed by atoms with Gasteiger partial charge in [-0.25, -0.2) is 14.6 Å². The molecule has 0 aliphatic carbocycles. The van der Waals surface area contributed by atoms with Crippen LogP contribution in [0.2, 0.25) is 10.0 Å². The van der Waals surface area contributed by atoms with E-state index in [-0.39, 0.29) is 18.1 Å². The second-order valence-electron chi connectivity index (χ2n) is 8.14. The fourth-order valence-corrected chi connectivity index (χ4v) is 4.91. The summed E-state index contributed by atoms with van der Waals surface area (Å²) in [5.74, 6) is 1.27. The fourth-order valence-electron chi connectivity index (χ4n) is 4.40. The van der Waals surface area contributed by atoms with Gasteiger partial charge in [-0.1, -0.05) is 23.2 Å². The number of hydrogen-bond donors (Lipinski definition) is 2. The van der Waals surface area contributed by atoms with Crippen LogP contribution >= 0.6 is 23.2 Å². The van der Waals surface area contributed by atoms with E-state index in [0.29, 0.717) is 33.8 Å². The Morgan fingerprint density at radius 2 is 2.00 bits per heavy atom. The minimum absolute atomic E-state index is 0.167. The lowest BCUT2D eigenvalue weighted by molar-refractivity contribution is 0.0734. The normalized spacial score (nSPS) is 17.0. The molecule has 1 unspecified atom stereocenters. The molecule has 0 radical (unpaired) electrons. The molecular weight excluding hydrogens is 439 g/mol. The summed E-state index contributed by atoms with van der Waals surface area (Å²) in [4.78, 5) is 10.7. The predicted octanol–water partition coefficient (Wildman–Crippen LogP) is 3.42. The fraction of sp³-hybridized carbons (Fsp3) is 0.476. The Kier molecular flexibility index (Phi) is 6.00. The van der Waals surface area contributed by atoms with Gasteiger partial charge in [0.1, 0.15) is 17.9 Å². The molecule has 8 nitrogen and oxygen atoms in total. The molecule has 1 fully saturated rings. The number of ether oxygens (including phenoxy) is 1. The maximum absolute atomic E-state index is 9.65. The Morgan fingerprint density at radius 1 is 1.29 bits per heavy atom. The predicted molar refractivity (Wildman–Crippen MR) is 122 cm³/mol. The molecule has 1 aromatic carbocycles. The number of rotatable bonds is 6. The van der Waals surface area contributed by atoms with E-state index in [1.165, 1.54) is 6.33 Å². The molecule has 31 heavy (non-hydrogen) atoms. The lowest BCUT2D eigenvalue weighted by Crippen LogP contribution is -2.48. The molecule has 0 saturated carbocycles. The second-order valence-corrected chi connectivity index (χ2v) is 8.92. The number of fused-ring (bicyclic) bond motifs is 1. The molecule has 10 heteroatoms. The number of hydrogen-bond acceptors (Lipinski definition) is 7. The maximum Gasteiger partial charge on any atom is 0.164 e. The average Bonchev–Trinajstić information content (AvgIpc) is 3.03. The first-order valence-electron chi connectivity index (χ1n) is 10.1. The Morgan fingerprint density at radius 3 is 2.65 bits per heavy atom. The zero-order chi connectivity index (χ0) is 22.4. The number of aromatic nitrogens is 4. The number of aliphatic hydroxyl groups excluding tert-OH is 1. The number of nitrogen functional groups attached to an aromatic ring is 1. The van der Waals surface area contributed by atoms with Gasteiger partial charge in [-0.15, -0.1) is 0 Å². The van der Waals surface area contributed by atoms with Crippen molar-refractivity contribution in [2.45, 2.75) is 38.8 Å². The third-order valence-corrected chi connectivity index (χ3v) is 6.64. The smallest absolute Gasteiger partial charge is 0.164 e. The van der Waals surface area contributed by atoms with Gasteiger partial charge < -0.3 is 15.6 Å². The molecule has 3 aromatic rings. The number of anilines is 1. The van der Waals surface area contributed by atoms with Gasteiger partial charge >= 0.3 is 0 Å². The van der Waals surface area contributed by atoms with E-state index < -0.39 is 0 Å². The second kappa shape index (κ2) is 8.43. The van der Waals surface area contributed by atoms with Crippen molar-refractivity contribution in [1.82, 2.24) is 24.6 Å². The summed E-state index contributed by atoms with van der Waals surface area (Å²) >= 11 is 13.2. The van der Waals surface area contributed by atoms with Crippen molar-refractivity contribution < 1.29 is 9.84 Å². The minimum atomic E-state index is -0.376. The van der Waals surface area contributed by atoms with Crippen molar-refractivity contribution in [2.75, 3.05) is 32.5 Å². The van der Waals surface area contributed by atoms with E-state index in [0.717, 1.165) is 35.3 Å². The zero-order valence-corrected chi connectivity index (χ0v) is 19.4. The third-order valence-electron chi connectivity index (χ3n) is 5.84. The lowest BCUT2D eigenvalue weighted by Gasteiger charge is -2.41. The summed E-state index contributed by atoms with van der Waals surface area (Å²) in [5, 5.41) is 16.0. The standard InChI is InChI=1S/C21H26Cl2N6O2/c1-10(30)6-28-7-13(8-28)17-18(23)15(22)5-14(19(17)31-4)12(3)29-21-16(11(2)27-29)20(24)25-9-26-21/h5,9-10,12-13,30H,6-8H2,1-4H3,(H2,24,25,26)/t10-,12?/m1/s1. The first kappa shape index (κ1) is 22.1. The number of methoxy groups -OCH3 is 1. The number of nitrogens with two attached hydrogens (primary N) is 1. The highest BCUT2D eigenvalue weighted by Gasteiger charge is 2.35. The molecular formula is C21H26Cl2N6O2. The van der Waals surface area contributed by atoms with Crippen LogP contribution in [0.15, 0.2) is 12.4 Å². The molecule has 0 spiro atoms. The SMILES string of the molecule is COc1c(C(C)n2nc(C)c3c(N)ncnc32)cc(Cl)c(Cl)c1C1CN(C[C@@H](C)O)C1. The Bertz CT molecular complexity index is 1130. The van der Waals surface area contributed by atoms with Crippen LogP contribution in [0, 0.1) is 6.92 Å². The maximum atomic E-state index is 9.65. The Balaban J connectivity index is 1.78. The Hall–Kier alpha value is -2.13. The van der Waals surface area contributed by atoms with Crippen LogP contribution in [0.5, 0.6) is 5.75 Å². The van der Waals surface area contributed by atoms with Crippen molar-refractivity contribution in [2.24, 2.45) is 0 Å². The highest BCUT2D eigenvalue weighted by atomic mass is 35.5. The van der Waals surface area contributed by atoms with Gasteiger partial charge in [0.2, 0.25) is 0 Å². The summed E-state index contributed by atoms with van der Waals surface area (Å²) in [6.07, 6.45) is 1.06. The van der Waals surface area contributed by atoms with Gasteiger partial charge in [0.05, 0.1) is 40.4 Å². The van der Waals surface area contributed by atoms with Crippen LogP contribution in [0.3, 0.4) is 0 Å². The van der Waals surface area contributed by atoms with Crippen molar-refractivity contribution in [3.05, 3.63) is 39.3 Å². The molecule has 0 amide bonds. The van der Waals surface area contributed by atoms with Gasteiger partial charge in [0.15, 0.2) is 5.65 Å². The van der Waals surface area contributed by atoms with Crippen molar-refractivity contribution in [1.29, 1.82) is 0 Å². The average molecular weight is 465 g/mol. The monoisotopic (exact) mass is 464 g/mol. The molecule has 1 aliphatic rings. The van der Waals surface area contributed by atoms with Gasteiger partial charge in [0, 0.05) is 36.7 Å². The van der Waals surface area contributed by atoms with Crippen LogP contribution in [-0.4, -0.2) is 62.6 Å². The van der Waals surface area contributed by atoms with Crippen LogP contribution in [0.25, 0.3) is 11.0 Å². The molecule has 2 aromatic heterocycles. The molecule has 1 aliphatic heterocycles. The molecule has 3 N–H and O–H groups in total. The van der Waals surface area contributed by atoms with Crippen molar-refractivity contribution in [3.8, 4) is 5.75 Å². The number of benzene rings is 1. The van der Waals surface area contributed by atoms with E-state index in [1.807, 2.05) is 24.6 Å². The van der Waals surface area contributed by atoms with Crippen LogP contribution < -0.4 is 10.5 Å². The molecule has 3 heterocycles. The van der Waals surface area contributed by atoms with Crippen molar-refractivity contribution in [3.63, 3.8) is 0 Å². The minimum Gasteiger partial charge on any atom is -0.496 e. The van der Waals surface area contributed by atoms with Gasteiger partial charge in [-0.05, 0) is 26.8 Å². The van der Waals surface area contributed by atoms with Crippen LogP contribution in [-0.2, 0) is 0 Å². The first-order chi connectivity index (χ1) is 14.7. The van der Waals surface area contributed by atoms with E-state index in [9.17, 15) is 5.11 Å². The van der Waals surface area contributed by atoms with E-state index >= 15 is 0 Å². The van der Waals surface area contributed by atoms with Crippen LogP contribution in [0.1, 0.15) is 42.6 Å². The topological polar surface area (TPSA) is 102 Å². The first-order valence-corrected chi connectivity index (χ1v) is 10.9. The number of β-amino-alcohol motifs (C(OH)–C–C–N with tert-alkyl or cyclic N) is 1. The number of aliphatic hydroxyl groups is 1. The summed E-state index contributed by atoms with van der Waals surface area (Å²) in [7, 11) is 1.64. The summed E-state index contributed by atoms with van der Waals surface area (Å²) < 4.78 is 7.68. The molecule has 1 saturated heterocycles. The van der Waals surface area contributed by atoms with E-state index in [2.05, 4.69) is 20.0 Å². The van der Waals surface area contributed by atoms with E-state index in [1.54, 1.807) is 14.0 Å². The number of nitrogens with zero attached hydrogens (tertiary/aromatic N) is 5. The van der Waals surface area contributed by atoms with Crippen LogP contribution in [0.4, 0.5) is 5.82 Å².